The zero-order chi connectivity index (χ0) is 20.9. The van der Waals surface area contributed by atoms with Gasteiger partial charge in [-0.1, -0.05) is 18.6 Å². The van der Waals surface area contributed by atoms with Gasteiger partial charge in [0.2, 0.25) is 11.8 Å². The van der Waals surface area contributed by atoms with Crippen molar-refractivity contribution in [2.75, 3.05) is 39.8 Å². The fraction of sp³-hybridized carbons (Fsp3) is 0.682. The molecule has 0 aliphatic carbocycles. The molecule has 1 N–H and O–H groups in total. The highest BCUT2D eigenvalue weighted by Gasteiger charge is 2.67. The quantitative estimate of drug-likeness (QED) is 0.702. The first kappa shape index (κ1) is 19.8. The lowest BCUT2D eigenvalue weighted by molar-refractivity contribution is -0.142. The van der Waals surface area contributed by atoms with Crippen molar-refractivity contribution in [3.63, 3.8) is 0 Å². The Hall–Kier alpha value is -2.19. The van der Waals surface area contributed by atoms with Gasteiger partial charge in [0.1, 0.15) is 5.60 Å². The first-order valence-corrected chi connectivity index (χ1v) is 11.1. The normalized spacial score (nSPS) is 32.8. The minimum atomic E-state index is -0.631. The van der Waals surface area contributed by atoms with Crippen LogP contribution in [0, 0.1) is 18.8 Å². The summed E-state index contributed by atoms with van der Waals surface area (Å²) in [5, 5.41) is 7.14. The molecule has 0 saturated carbocycles. The van der Waals surface area contributed by atoms with E-state index in [2.05, 4.69) is 15.1 Å². The van der Waals surface area contributed by atoms with Gasteiger partial charge in [-0.2, -0.15) is 5.10 Å². The monoisotopic (exact) mass is 413 g/mol. The second-order valence-electron chi connectivity index (χ2n) is 9.30. The number of likely N-dealkylation sites (tertiary alicyclic amines) is 2. The lowest BCUT2D eigenvalue weighted by Gasteiger charge is -2.29. The number of fused-ring (bicyclic) bond motifs is 1. The molecule has 0 unspecified atom stereocenters. The van der Waals surface area contributed by atoms with Crippen LogP contribution in [0.5, 0.6) is 0 Å². The molecule has 162 valence electrons. The smallest absolute Gasteiger partial charge is 0.230 e. The van der Waals surface area contributed by atoms with Gasteiger partial charge < -0.3 is 19.4 Å². The van der Waals surface area contributed by atoms with Gasteiger partial charge in [-0.25, -0.2) is 0 Å². The number of ether oxygens (including phenoxy) is 1. The Kier molecular flexibility index (Phi) is 4.94. The lowest BCUT2D eigenvalue weighted by atomic mass is 9.76. The molecule has 5 heterocycles. The molecule has 3 saturated heterocycles. The van der Waals surface area contributed by atoms with Crippen LogP contribution in [0.1, 0.15) is 30.7 Å². The Bertz CT molecular complexity index is 861. The van der Waals surface area contributed by atoms with Crippen molar-refractivity contribution in [3.8, 4) is 0 Å². The van der Waals surface area contributed by atoms with Crippen LogP contribution in [0.25, 0.3) is 0 Å². The molecular formula is C22H31N5O3. The van der Waals surface area contributed by atoms with Crippen molar-refractivity contribution in [3.05, 3.63) is 29.6 Å². The maximum absolute atomic E-state index is 13.3. The largest absolute Gasteiger partial charge is 0.360 e. The van der Waals surface area contributed by atoms with Crippen LogP contribution in [-0.4, -0.2) is 88.2 Å². The number of carbonyl (C=O) groups is 2. The van der Waals surface area contributed by atoms with E-state index in [1.54, 1.807) is 11.9 Å². The van der Waals surface area contributed by atoms with Crippen LogP contribution in [0.2, 0.25) is 0 Å². The molecule has 0 aromatic carbocycles. The highest BCUT2D eigenvalue weighted by atomic mass is 16.5. The predicted octanol–water partition coefficient (Wildman–Crippen LogP) is 0.944. The Morgan fingerprint density at radius 1 is 1.33 bits per heavy atom. The topological polar surface area (TPSA) is 81.8 Å². The van der Waals surface area contributed by atoms with Gasteiger partial charge in [0.25, 0.3) is 0 Å². The van der Waals surface area contributed by atoms with Gasteiger partial charge in [0.05, 0.1) is 36.7 Å². The van der Waals surface area contributed by atoms with E-state index in [1.807, 2.05) is 30.0 Å². The number of aryl methyl sites for hydroxylation is 1. The number of aromatic amines is 1. The number of rotatable bonds is 6. The molecule has 1 aromatic heterocycles. The number of amides is 2. The van der Waals surface area contributed by atoms with Crippen molar-refractivity contribution in [1.82, 2.24) is 24.9 Å². The number of carbonyl (C=O) groups excluding carboxylic acids is 2. The van der Waals surface area contributed by atoms with Crippen molar-refractivity contribution < 1.29 is 14.3 Å². The minimum Gasteiger partial charge on any atom is -0.360 e. The highest BCUT2D eigenvalue weighted by Crippen LogP contribution is 2.52. The van der Waals surface area contributed by atoms with E-state index < -0.39 is 17.4 Å². The Labute approximate surface area is 177 Å². The summed E-state index contributed by atoms with van der Waals surface area (Å²) in [5.41, 5.74) is 1.15. The number of nitrogens with one attached hydrogen (secondary N) is 1. The van der Waals surface area contributed by atoms with Crippen LogP contribution in [0.15, 0.2) is 18.2 Å². The van der Waals surface area contributed by atoms with E-state index in [9.17, 15) is 9.59 Å². The summed E-state index contributed by atoms with van der Waals surface area (Å²) in [4.78, 5) is 32.7. The van der Waals surface area contributed by atoms with Crippen LogP contribution < -0.4 is 0 Å². The van der Waals surface area contributed by atoms with Crippen LogP contribution in [0.3, 0.4) is 0 Å². The first-order chi connectivity index (χ1) is 14.5. The summed E-state index contributed by atoms with van der Waals surface area (Å²) < 4.78 is 6.26. The maximum atomic E-state index is 13.3. The molecule has 2 amide bonds. The Balaban J connectivity index is 1.27. The summed E-state index contributed by atoms with van der Waals surface area (Å²) in [5.74, 6) is -0.832. The third kappa shape index (κ3) is 3.26. The first-order valence-electron chi connectivity index (χ1n) is 11.1. The Morgan fingerprint density at radius 2 is 2.13 bits per heavy atom. The highest BCUT2D eigenvalue weighted by molar-refractivity contribution is 5.93. The molecule has 4 atom stereocenters. The van der Waals surface area contributed by atoms with Crippen LogP contribution >= 0.6 is 0 Å². The molecule has 4 aliphatic rings. The number of piperidine rings is 1. The third-order valence-electron chi connectivity index (χ3n) is 7.13. The SMILES string of the molecule is Cc1cc(CN(C)C(=O)[C@H]2[C@@H]3C=C[C@@]4(CN(CCN5CCCCC5)C(=O)[C@@H]24)O3)n[nH]1. The average molecular weight is 414 g/mol. The molecule has 3 fully saturated rings. The van der Waals surface area contributed by atoms with E-state index >= 15 is 0 Å². The van der Waals surface area contributed by atoms with Crippen molar-refractivity contribution >= 4 is 11.8 Å². The number of aromatic nitrogens is 2. The molecule has 5 rings (SSSR count). The molecule has 0 radical (unpaired) electrons. The van der Waals surface area contributed by atoms with Crippen molar-refractivity contribution in [1.29, 1.82) is 0 Å². The van der Waals surface area contributed by atoms with E-state index in [4.69, 9.17) is 4.74 Å². The van der Waals surface area contributed by atoms with Crippen LogP contribution in [-0.2, 0) is 20.9 Å². The second kappa shape index (κ2) is 7.50. The van der Waals surface area contributed by atoms with Gasteiger partial charge in [0, 0.05) is 25.8 Å². The number of nitrogens with zero attached hydrogens (tertiary/aromatic N) is 4. The van der Waals surface area contributed by atoms with Gasteiger partial charge in [0.15, 0.2) is 0 Å². The molecule has 8 nitrogen and oxygen atoms in total. The second-order valence-corrected chi connectivity index (χ2v) is 9.30. The summed E-state index contributed by atoms with van der Waals surface area (Å²) in [6.07, 6.45) is 7.49. The zero-order valence-corrected chi connectivity index (χ0v) is 17.8. The van der Waals surface area contributed by atoms with Gasteiger partial charge in [-0.05, 0) is 38.9 Å². The number of hydrogen-bond acceptors (Lipinski definition) is 5. The number of hydrogen-bond donors (Lipinski definition) is 1. The standard InChI is InChI=1S/C22H31N5O3/c1-15-12-16(24-23-15)13-25(2)20(28)18-17-6-7-22(30-17)14-27(21(29)19(18)22)11-10-26-8-4-3-5-9-26/h6-7,12,17-19H,3-5,8-11,13-14H2,1-2H3,(H,23,24)/t17-,18-,19+,22-/m0/s1. The molecular weight excluding hydrogens is 382 g/mol. The van der Waals surface area contributed by atoms with E-state index in [1.165, 1.54) is 19.3 Å². The van der Waals surface area contributed by atoms with Crippen LogP contribution in [0.4, 0.5) is 0 Å². The Morgan fingerprint density at radius 3 is 2.87 bits per heavy atom. The van der Waals surface area contributed by atoms with Gasteiger partial charge >= 0.3 is 0 Å². The molecule has 1 spiro atoms. The van der Waals surface area contributed by atoms with Crippen molar-refractivity contribution in [2.45, 2.75) is 44.4 Å². The number of H-pyrrole nitrogens is 1. The zero-order valence-electron chi connectivity index (χ0n) is 17.8. The molecule has 4 aliphatic heterocycles. The molecule has 8 heteroatoms. The molecule has 2 bridgehead atoms. The summed E-state index contributed by atoms with van der Waals surface area (Å²) in [6.45, 7) is 6.76. The fourth-order valence-corrected chi connectivity index (χ4v) is 5.63. The summed E-state index contributed by atoms with van der Waals surface area (Å²) >= 11 is 0. The summed E-state index contributed by atoms with van der Waals surface area (Å²) in [7, 11) is 1.78. The van der Waals surface area contributed by atoms with Gasteiger partial charge in [-0.3, -0.25) is 14.7 Å². The lowest BCUT2D eigenvalue weighted by Crippen LogP contribution is -2.45. The van der Waals surface area contributed by atoms with E-state index in [0.29, 0.717) is 19.6 Å². The third-order valence-corrected chi connectivity index (χ3v) is 7.13. The van der Waals surface area contributed by atoms with Crippen molar-refractivity contribution in [2.24, 2.45) is 11.8 Å². The molecule has 1 aromatic rings. The minimum absolute atomic E-state index is 0.0388. The van der Waals surface area contributed by atoms with E-state index in [-0.39, 0.29) is 17.9 Å². The fourth-order valence-electron chi connectivity index (χ4n) is 5.63. The predicted molar refractivity (Wildman–Crippen MR) is 110 cm³/mol. The maximum Gasteiger partial charge on any atom is 0.230 e. The van der Waals surface area contributed by atoms with E-state index in [0.717, 1.165) is 31.0 Å². The summed E-state index contributed by atoms with van der Waals surface area (Å²) in [6, 6.07) is 1.94. The average Bonchev–Trinajstić information content (AvgIpc) is 3.48. The van der Waals surface area contributed by atoms with Gasteiger partial charge in [-0.15, -0.1) is 0 Å². The molecule has 30 heavy (non-hydrogen) atoms.